The number of unbranched alkanes of at least 4 members (excludes halogenated alkanes) is 6. The number of nitrogens with two attached hydrogens (primary N) is 1. The maximum atomic E-state index is 12.8. The van der Waals surface area contributed by atoms with Crippen molar-refractivity contribution in [3.8, 4) is 0 Å². The van der Waals surface area contributed by atoms with Gasteiger partial charge in [-0.05, 0) is 63.4 Å². The normalized spacial score (nSPS) is 21.0. The topological polar surface area (TPSA) is 306 Å². The third-order valence-electron chi connectivity index (χ3n) is 10.3. The van der Waals surface area contributed by atoms with Crippen molar-refractivity contribution in [1.82, 2.24) is 9.55 Å². The Hall–Kier alpha value is -3.36. The summed E-state index contributed by atoms with van der Waals surface area (Å²) in [6.07, 6.45) is 18.4. The molecule has 22 heteroatoms. The Labute approximate surface area is 394 Å². The predicted molar refractivity (Wildman–Crippen MR) is 250 cm³/mol. The maximum Gasteiger partial charge on any atom is 0.481 e. The summed E-state index contributed by atoms with van der Waals surface area (Å²) in [7, 11) is -11.0. The zero-order chi connectivity index (χ0) is 49.7. The van der Waals surface area contributed by atoms with Crippen LogP contribution >= 0.6 is 15.6 Å². The molecule has 1 aromatic rings. The van der Waals surface area contributed by atoms with E-state index in [0.717, 1.165) is 62.1 Å². The first-order chi connectivity index (χ1) is 31.8. The average molecular weight is 992 g/mol. The molecule has 1 aromatic heterocycles. The highest BCUT2D eigenvalue weighted by Gasteiger charge is 2.46. The van der Waals surface area contributed by atoms with Crippen LogP contribution in [0.15, 0.2) is 65.7 Å². The van der Waals surface area contributed by atoms with Gasteiger partial charge in [-0.1, -0.05) is 114 Å². The van der Waals surface area contributed by atoms with Crippen molar-refractivity contribution in [3.05, 3.63) is 71.4 Å². The van der Waals surface area contributed by atoms with Gasteiger partial charge in [-0.15, -0.1) is 0 Å². The van der Waals surface area contributed by atoms with Crippen LogP contribution in [-0.4, -0.2) is 108 Å². The number of hydrogen-bond donors (Lipinski definition) is 7. The number of carbonyl (C=O) groups excluding carboxylic acids is 2. The Morgan fingerprint density at radius 3 is 2.00 bits per heavy atom. The fourth-order valence-corrected chi connectivity index (χ4v) is 8.69. The van der Waals surface area contributed by atoms with Crippen LogP contribution in [-0.2, 0) is 46.3 Å². The monoisotopic (exact) mass is 991 g/mol. The number of rotatable bonds is 36. The molecule has 8 N–H and O–H groups in total. The lowest BCUT2D eigenvalue weighted by molar-refractivity contribution is -0.161. The third-order valence-corrected chi connectivity index (χ3v) is 12.9. The number of anilines is 1. The van der Waals surface area contributed by atoms with Crippen LogP contribution in [0.2, 0.25) is 0 Å². The van der Waals surface area contributed by atoms with Gasteiger partial charge in [0, 0.05) is 19.0 Å². The minimum Gasteiger partial charge on any atom is -0.462 e. The number of nitrogens with zero attached hydrogens (tertiary/aromatic N) is 2. The SMILES string of the molecule is CC/C=C\C/C=C\C/C=C\C/C=C\C[C@@H](O)[C@H](O)CCCC(=O)O[C@H](COC(=O)CCCCCCCCCC(C)C)COP(=O)(O)OP(=O)(O)OC[C@H]1O[C@@H](n2ccc(N)nc2=O)[C@H](O)[C@@H]1O. The van der Waals surface area contributed by atoms with Crippen LogP contribution in [0.1, 0.15) is 136 Å². The van der Waals surface area contributed by atoms with E-state index < -0.39 is 95.9 Å². The molecule has 1 aliphatic rings. The summed E-state index contributed by atoms with van der Waals surface area (Å²) < 4.78 is 56.3. The number of aliphatic hydroxyl groups is 4. The molecule has 0 radical (unpaired) electrons. The second-order valence-corrected chi connectivity index (χ2v) is 19.7. The van der Waals surface area contributed by atoms with Crippen LogP contribution in [0.4, 0.5) is 5.82 Å². The number of esters is 2. The molecule has 0 spiro atoms. The average Bonchev–Trinajstić information content (AvgIpc) is 3.54. The Bertz CT molecular complexity index is 1860. The lowest BCUT2D eigenvalue weighted by atomic mass is 10.0. The fourth-order valence-electron chi connectivity index (χ4n) is 6.58. The molecule has 0 aromatic carbocycles. The number of ether oxygens (including phenoxy) is 3. The van der Waals surface area contributed by atoms with Crippen LogP contribution in [0, 0.1) is 5.92 Å². The molecule has 0 aliphatic carbocycles. The van der Waals surface area contributed by atoms with E-state index in [1.165, 1.54) is 18.9 Å². The van der Waals surface area contributed by atoms with Crippen LogP contribution in [0.25, 0.3) is 0 Å². The first kappa shape index (κ1) is 59.8. The zero-order valence-electron chi connectivity index (χ0n) is 39.1. The molecule has 0 bridgehead atoms. The summed E-state index contributed by atoms with van der Waals surface area (Å²) in [5.74, 6) is -0.932. The Balaban J connectivity index is 1.90. The van der Waals surface area contributed by atoms with Crippen LogP contribution in [0.5, 0.6) is 0 Å². The van der Waals surface area contributed by atoms with E-state index in [1.54, 1.807) is 6.08 Å². The van der Waals surface area contributed by atoms with E-state index in [2.05, 4.69) is 54.4 Å². The quantitative estimate of drug-likeness (QED) is 0.0165. The molecule has 20 nitrogen and oxygen atoms in total. The summed E-state index contributed by atoms with van der Waals surface area (Å²) in [6.45, 7) is 3.93. The molecular weight excluding hydrogens is 916 g/mol. The van der Waals surface area contributed by atoms with E-state index in [-0.39, 0.29) is 37.9 Å². The van der Waals surface area contributed by atoms with Crippen molar-refractivity contribution in [2.75, 3.05) is 25.6 Å². The summed E-state index contributed by atoms with van der Waals surface area (Å²) >= 11 is 0. The minimum absolute atomic E-state index is 0.0308. The van der Waals surface area contributed by atoms with Gasteiger partial charge in [0.1, 0.15) is 30.7 Å². The van der Waals surface area contributed by atoms with Gasteiger partial charge in [0.25, 0.3) is 0 Å². The first-order valence-corrected chi connectivity index (χ1v) is 26.2. The number of aromatic nitrogens is 2. The van der Waals surface area contributed by atoms with Crippen molar-refractivity contribution in [1.29, 1.82) is 0 Å². The number of phosphoric ester groups is 2. The second kappa shape index (κ2) is 33.2. The fraction of sp³-hybridized carbons (Fsp3) is 0.689. The Morgan fingerprint density at radius 2 is 1.37 bits per heavy atom. The second-order valence-electron chi connectivity index (χ2n) is 16.7. The van der Waals surface area contributed by atoms with E-state index in [1.807, 2.05) is 18.2 Å². The minimum atomic E-state index is -5.49. The van der Waals surface area contributed by atoms with Crippen molar-refractivity contribution < 1.29 is 76.5 Å². The van der Waals surface area contributed by atoms with Gasteiger partial charge in [0.05, 0.1) is 25.4 Å². The van der Waals surface area contributed by atoms with Gasteiger partial charge in [0.15, 0.2) is 12.3 Å². The van der Waals surface area contributed by atoms with Gasteiger partial charge in [-0.25, -0.2) is 13.9 Å². The number of allylic oxidation sites excluding steroid dienone is 7. The lowest BCUT2D eigenvalue weighted by Gasteiger charge is -2.22. The van der Waals surface area contributed by atoms with E-state index >= 15 is 0 Å². The molecule has 0 amide bonds. The highest BCUT2D eigenvalue weighted by Crippen LogP contribution is 2.60. The summed E-state index contributed by atoms with van der Waals surface area (Å²) in [5.41, 5.74) is 4.55. The van der Waals surface area contributed by atoms with Gasteiger partial charge in [-0.3, -0.25) is 23.2 Å². The highest BCUT2D eigenvalue weighted by molar-refractivity contribution is 7.61. The largest absolute Gasteiger partial charge is 0.481 e. The lowest BCUT2D eigenvalue weighted by Crippen LogP contribution is -2.36. The number of phosphoric acid groups is 2. The van der Waals surface area contributed by atoms with Crippen molar-refractivity contribution in [2.24, 2.45) is 5.92 Å². The van der Waals surface area contributed by atoms with Gasteiger partial charge in [0.2, 0.25) is 0 Å². The molecule has 2 heterocycles. The Kier molecular flexibility index (Phi) is 29.6. The summed E-state index contributed by atoms with van der Waals surface area (Å²) in [5, 5.41) is 41.7. The predicted octanol–water partition coefficient (Wildman–Crippen LogP) is 6.40. The molecule has 1 saturated heterocycles. The molecule has 2 rings (SSSR count). The molecule has 67 heavy (non-hydrogen) atoms. The zero-order valence-corrected chi connectivity index (χ0v) is 40.9. The van der Waals surface area contributed by atoms with Gasteiger partial charge >= 0.3 is 33.3 Å². The molecule has 382 valence electrons. The number of hydrogen-bond acceptors (Lipinski definition) is 17. The van der Waals surface area contributed by atoms with E-state index in [0.29, 0.717) is 18.8 Å². The molecular formula is C45H75N3O17P2. The number of aliphatic hydroxyl groups excluding tert-OH is 4. The molecule has 9 atom stereocenters. The third kappa shape index (κ3) is 26.8. The Morgan fingerprint density at radius 1 is 0.791 bits per heavy atom. The molecule has 0 saturated carbocycles. The van der Waals surface area contributed by atoms with Gasteiger partial charge in [-0.2, -0.15) is 9.29 Å². The maximum absolute atomic E-state index is 12.8. The van der Waals surface area contributed by atoms with E-state index in [4.69, 9.17) is 29.0 Å². The van der Waals surface area contributed by atoms with Crippen molar-refractivity contribution in [3.63, 3.8) is 0 Å². The molecule has 2 unspecified atom stereocenters. The summed E-state index contributed by atoms with van der Waals surface area (Å²) in [6, 6.07) is 1.23. The first-order valence-electron chi connectivity index (χ1n) is 23.2. The highest BCUT2D eigenvalue weighted by atomic mass is 31.3. The standard InChI is InChI=1S/C45H75N3O17P2/c1-4-5-6-7-8-9-10-11-12-15-18-21-25-36(49)37(50)26-23-28-41(52)63-35(31-60-40(51)27-22-19-16-13-14-17-20-24-34(2)3)32-61-66(56,57)65-67(58,59)62-33-38-42(53)43(54)44(64-38)48-30-29-39(46)47-45(48)55/h5-6,8-9,11-12,18,21,29-30,34-38,42-44,49-50,53-54H,4,7,10,13-17,19-20,22-28,31-33H2,1-3H3,(H,56,57)(H,58,59)(H2,46,47,55)/b6-5-,9-8-,12-11-,21-18-/t35-,36-,37-,38-,42-,43-,44-/m1/s1. The molecule has 1 aliphatic heterocycles. The van der Waals surface area contributed by atoms with Crippen molar-refractivity contribution >= 4 is 33.4 Å². The molecule has 1 fully saturated rings. The van der Waals surface area contributed by atoms with Gasteiger partial charge < -0.3 is 50.2 Å². The summed E-state index contributed by atoms with van der Waals surface area (Å²) in [4.78, 5) is 61.7. The number of nitrogen functional groups attached to an aromatic ring is 1. The number of carbonyl (C=O) groups is 2. The van der Waals surface area contributed by atoms with Crippen LogP contribution < -0.4 is 11.4 Å². The van der Waals surface area contributed by atoms with Crippen molar-refractivity contribution in [2.45, 2.75) is 173 Å². The van der Waals surface area contributed by atoms with E-state index in [9.17, 15) is 53.7 Å². The van der Waals surface area contributed by atoms with Crippen LogP contribution in [0.3, 0.4) is 0 Å². The smallest absolute Gasteiger partial charge is 0.462 e.